The van der Waals surface area contributed by atoms with Crippen LogP contribution in [-0.4, -0.2) is 101 Å². The van der Waals surface area contributed by atoms with E-state index in [2.05, 4.69) is 196 Å². The van der Waals surface area contributed by atoms with Crippen LogP contribution in [0.2, 0.25) is 0 Å². The van der Waals surface area contributed by atoms with Crippen LogP contribution in [0.4, 0.5) is 0 Å². The molecule has 0 saturated carbocycles. The Hall–Kier alpha value is -5.52. The molecule has 0 saturated heterocycles. The van der Waals surface area contributed by atoms with E-state index in [1.165, 1.54) is 97.0 Å². The lowest BCUT2D eigenvalue weighted by Crippen LogP contribution is -2.48. The highest BCUT2D eigenvalue weighted by Gasteiger charge is 2.26. The first-order valence-corrected chi connectivity index (χ1v) is 21.8. The molecule has 7 aromatic carbocycles. The molecule has 0 amide bonds. The Morgan fingerprint density at radius 3 is 1.28 bits per heavy atom. The summed E-state index contributed by atoms with van der Waals surface area (Å²) in [6.07, 6.45) is 0. The fourth-order valence-corrected chi connectivity index (χ4v) is 10.9. The van der Waals surface area contributed by atoms with E-state index in [1.54, 1.807) is 0 Å². The van der Waals surface area contributed by atoms with E-state index in [4.69, 9.17) is 15.0 Å². The van der Waals surface area contributed by atoms with Crippen molar-refractivity contribution in [2.24, 2.45) is 0 Å². The zero-order chi connectivity index (χ0) is 42.1. The van der Waals surface area contributed by atoms with Gasteiger partial charge in [0.1, 0.15) is 86.3 Å². The molecule has 0 aliphatic carbocycles. The second kappa shape index (κ2) is 15.5. The largest absolute Gasteiger partial charge is 0.208 e. The number of hydrogen-bond acceptors (Lipinski definition) is 4. The van der Waals surface area contributed by atoms with Gasteiger partial charge < -0.3 is 0 Å². The summed E-state index contributed by atoms with van der Waals surface area (Å²) in [6.45, 7) is 0. The maximum absolute atomic E-state index is 5.34. The molecule has 2 heterocycles. The molecule has 0 bridgehead atoms. The molecule has 15 heteroatoms. The summed E-state index contributed by atoms with van der Waals surface area (Å²) in [5, 5.41) is 2.84. The Morgan fingerprint density at radius 2 is 0.683 bits per heavy atom. The Balaban J connectivity index is 1.27. The van der Waals surface area contributed by atoms with E-state index >= 15 is 0 Å². The maximum Gasteiger partial charge on any atom is 0.164 e. The molecule has 60 heavy (non-hydrogen) atoms. The molecule has 2 aromatic heterocycles. The van der Waals surface area contributed by atoms with Gasteiger partial charge in [0.25, 0.3) is 0 Å². The summed E-state index contributed by atoms with van der Waals surface area (Å²) in [4.78, 5) is 15.9. The van der Waals surface area contributed by atoms with E-state index in [0.717, 1.165) is 33.4 Å². The van der Waals surface area contributed by atoms with Gasteiger partial charge in [0, 0.05) is 26.1 Å². The molecular formula is C45H40B11N3S. The Bertz CT molecular complexity index is 3180. The monoisotopic (exact) mass is 775 g/mol. The lowest BCUT2D eigenvalue weighted by atomic mass is 9.60. The predicted octanol–water partition coefficient (Wildman–Crippen LogP) is -6.92. The summed E-state index contributed by atoms with van der Waals surface area (Å²) in [5.74, 6) is 2.01. The first-order chi connectivity index (χ1) is 28.8. The lowest BCUT2D eigenvalue weighted by Gasteiger charge is -2.25. The molecule has 0 radical (unpaired) electrons. The number of fused-ring (bicyclic) bond motifs is 3. The van der Waals surface area contributed by atoms with Gasteiger partial charge in [0.05, 0.1) is 0 Å². The Labute approximate surface area is 367 Å². The molecule has 274 valence electrons. The van der Waals surface area contributed by atoms with Crippen molar-refractivity contribution in [1.29, 1.82) is 0 Å². The molecule has 3 nitrogen and oxygen atoms in total. The Kier molecular flexibility index (Phi) is 10.3. The topological polar surface area (TPSA) is 38.7 Å². The molecule has 0 aliphatic heterocycles. The van der Waals surface area contributed by atoms with Gasteiger partial charge in [0.2, 0.25) is 0 Å². The van der Waals surface area contributed by atoms with Crippen molar-refractivity contribution in [1.82, 2.24) is 15.0 Å². The number of nitrogens with zero attached hydrogens (tertiary/aromatic N) is 3. The van der Waals surface area contributed by atoms with Crippen molar-refractivity contribution < 1.29 is 0 Å². The van der Waals surface area contributed by atoms with Crippen LogP contribution in [0, 0.1) is 0 Å². The predicted molar refractivity (Wildman–Crippen MR) is 295 cm³/mol. The van der Waals surface area contributed by atoms with Crippen molar-refractivity contribution in [2.75, 3.05) is 0 Å². The van der Waals surface area contributed by atoms with Gasteiger partial charge in [-0.2, -0.15) is 0 Å². The van der Waals surface area contributed by atoms with Gasteiger partial charge in [-0.05, 0) is 50.2 Å². The summed E-state index contributed by atoms with van der Waals surface area (Å²) in [7, 11) is 25.3. The maximum atomic E-state index is 5.34. The van der Waals surface area contributed by atoms with Crippen molar-refractivity contribution in [3.05, 3.63) is 109 Å². The number of hydrogen-bond donors (Lipinski definition) is 0. The lowest BCUT2D eigenvalue weighted by molar-refractivity contribution is 1.08. The second-order valence-corrected chi connectivity index (χ2v) is 17.7. The fourth-order valence-electron chi connectivity index (χ4n) is 9.31. The molecule has 0 N–H and O–H groups in total. The minimum atomic E-state index is 0.659. The van der Waals surface area contributed by atoms with Crippen LogP contribution in [0.3, 0.4) is 0 Å². The highest BCUT2D eigenvalue weighted by molar-refractivity contribution is 7.28. The smallest absolute Gasteiger partial charge is 0.164 e. The van der Waals surface area contributed by atoms with E-state index in [0.29, 0.717) is 17.5 Å². The van der Waals surface area contributed by atoms with Crippen molar-refractivity contribution in [3.63, 3.8) is 0 Å². The SMILES string of the molecule is Bc1c(B)c(-c2c(B)c(B)c(B)c3c2sc2c(B)c(B)c(B)c(B)c23)c(B)c(B)c1-c1nc(-c2ccc(-c3ccccc3)cc2)nc(-c2cccc(-c3ccccc3)c2)n1. The standard InChI is InChI=1S/C45H40B11N3S/c46-30-25(26-32(48)37(53)33(49)27-28-34(50)38(54)39(55)40(56)42(28)60-41(26)27)31(47)36(52)29(35(30)51)45-58-43(22-16-14-21(15-17-22)19-8-3-1-4-9-19)57-44(59-45)24-13-7-12-23(18-24)20-10-5-2-6-11-20/h1-18H,46-56H2. The average Bonchev–Trinajstić information content (AvgIpc) is 3.69. The summed E-state index contributed by atoms with van der Waals surface area (Å²) in [6, 6.07) is 38.1. The molecule has 0 unspecified atom stereocenters. The van der Waals surface area contributed by atoms with E-state index in [-0.39, 0.29) is 0 Å². The quantitative estimate of drug-likeness (QED) is 0.158. The van der Waals surface area contributed by atoms with Gasteiger partial charge in [-0.15, -0.1) is 27.7 Å². The van der Waals surface area contributed by atoms with Crippen LogP contribution in [0.1, 0.15) is 0 Å². The first-order valence-electron chi connectivity index (χ1n) is 21.0. The van der Waals surface area contributed by atoms with E-state index in [1.807, 2.05) is 11.3 Å². The van der Waals surface area contributed by atoms with E-state index < -0.39 is 0 Å². The number of thiophene rings is 1. The van der Waals surface area contributed by atoms with Crippen LogP contribution in [0.5, 0.6) is 0 Å². The second-order valence-electron chi connectivity index (χ2n) is 16.7. The third-order valence-corrected chi connectivity index (χ3v) is 15.0. The summed E-state index contributed by atoms with van der Waals surface area (Å²) < 4.78 is 2.81. The minimum absolute atomic E-state index is 0.659. The van der Waals surface area contributed by atoms with Crippen LogP contribution < -0.4 is 60.1 Å². The summed E-state index contributed by atoms with van der Waals surface area (Å²) in [5.41, 5.74) is 24.9. The molecule has 0 aliphatic rings. The van der Waals surface area contributed by atoms with Gasteiger partial charge in [0.15, 0.2) is 17.5 Å². The normalized spacial score (nSPS) is 11.4. The third kappa shape index (κ3) is 6.48. The molecule has 0 spiro atoms. The molecular weight excluding hydrogens is 734 g/mol. The van der Waals surface area contributed by atoms with Gasteiger partial charge in [-0.25, -0.2) is 15.0 Å². The van der Waals surface area contributed by atoms with Crippen LogP contribution in [0.25, 0.3) is 87.7 Å². The highest BCUT2D eigenvalue weighted by Crippen LogP contribution is 2.35. The van der Waals surface area contributed by atoms with Crippen LogP contribution in [-0.2, 0) is 0 Å². The van der Waals surface area contributed by atoms with Crippen molar-refractivity contribution in [2.45, 2.75) is 0 Å². The average molecular weight is 774 g/mol. The fraction of sp³-hybridized carbons (Fsp3) is 0. The molecule has 0 fully saturated rings. The van der Waals surface area contributed by atoms with Crippen LogP contribution >= 0.6 is 11.3 Å². The zero-order valence-electron chi connectivity index (χ0n) is 36.6. The third-order valence-electron chi connectivity index (χ3n) is 13.6. The molecule has 9 aromatic rings. The van der Waals surface area contributed by atoms with Crippen molar-refractivity contribution >= 4 is 178 Å². The zero-order valence-corrected chi connectivity index (χ0v) is 37.5. The van der Waals surface area contributed by atoms with Crippen LogP contribution in [0.15, 0.2) is 109 Å². The first kappa shape index (κ1) is 39.9. The molecule has 0 atom stereocenters. The van der Waals surface area contributed by atoms with Gasteiger partial charge in [-0.3, -0.25) is 0 Å². The number of benzene rings is 7. The van der Waals surface area contributed by atoms with Gasteiger partial charge in [-0.1, -0.05) is 147 Å². The number of rotatable bonds is 6. The Morgan fingerprint density at radius 1 is 0.283 bits per heavy atom. The number of aromatic nitrogens is 3. The van der Waals surface area contributed by atoms with Gasteiger partial charge >= 0.3 is 0 Å². The van der Waals surface area contributed by atoms with Crippen molar-refractivity contribution in [3.8, 4) is 67.5 Å². The summed E-state index contributed by atoms with van der Waals surface area (Å²) >= 11 is 1.98. The van der Waals surface area contributed by atoms with E-state index in [9.17, 15) is 0 Å². The minimum Gasteiger partial charge on any atom is -0.208 e. The highest BCUT2D eigenvalue weighted by atomic mass is 32.1. The molecule has 9 rings (SSSR count).